The number of nitrogens with zero attached hydrogens (tertiary/aromatic N) is 2. The first-order chi connectivity index (χ1) is 14.1. The lowest BCUT2D eigenvalue weighted by molar-refractivity contribution is 0.0573. The Labute approximate surface area is 172 Å². The van der Waals surface area contributed by atoms with Gasteiger partial charge in [0.1, 0.15) is 11.4 Å². The van der Waals surface area contributed by atoms with Gasteiger partial charge in [0.15, 0.2) is 0 Å². The zero-order chi connectivity index (χ0) is 20.6. The summed E-state index contributed by atoms with van der Waals surface area (Å²) in [4.78, 5) is 26.6. The van der Waals surface area contributed by atoms with Gasteiger partial charge in [0, 0.05) is 30.9 Å². The summed E-state index contributed by atoms with van der Waals surface area (Å²) in [5, 5.41) is 0. The Balaban J connectivity index is 1.54. The maximum Gasteiger partial charge on any atom is 0.354 e. The fourth-order valence-electron chi connectivity index (χ4n) is 3.76. The van der Waals surface area contributed by atoms with Crippen LogP contribution in [0.1, 0.15) is 65.9 Å². The van der Waals surface area contributed by atoms with E-state index in [4.69, 9.17) is 9.47 Å². The number of likely N-dealkylation sites (tertiary alicyclic amines) is 1. The normalized spacial score (nSPS) is 14.6. The molecule has 1 fully saturated rings. The number of methoxy groups -OCH3 is 1. The molecule has 1 aromatic heterocycles. The zero-order valence-electron chi connectivity index (χ0n) is 17.3. The quantitative estimate of drug-likeness (QED) is 0.491. The first-order valence-corrected chi connectivity index (χ1v) is 10.4. The Morgan fingerprint density at radius 2 is 1.79 bits per heavy atom. The molecule has 1 aliphatic rings. The van der Waals surface area contributed by atoms with Gasteiger partial charge in [0.2, 0.25) is 0 Å². The van der Waals surface area contributed by atoms with Gasteiger partial charge >= 0.3 is 5.97 Å². The summed E-state index contributed by atoms with van der Waals surface area (Å²) in [6.45, 7) is 4.20. The van der Waals surface area contributed by atoms with Crippen molar-refractivity contribution in [3.05, 3.63) is 53.9 Å². The second kappa shape index (κ2) is 10.1. The number of aromatic nitrogens is 1. The van der Waals surface area contributed by atoms with Crippen LogP contribution in [0.5, 0.6) is 5.75 Å². The van der Waals surface area contributed by atoms with E-state index in [0.29, 0.717) is 31.0 Å². The lowest BCUT2D eigenvalue weighted by atomic mass is 10.0. The molecule has 6 nitrogen and oxygen atoms in total. The van der Waals surface area contributed by atoms with E-state index in [-0.39, 0.29) is 17.9 Å². The highest BCUT2D eigenvalue weighted by molar-refractivity contribution is 5.94. The molecule has 1 saturated heterocycles. The van der Waals surface area contributed by atoms with E-state index in [0.717, 1.165) is 31.4 Å². The minimum Gasteiger partial charge on any atom is -0.494 e. The summed E-state index contributed by atoms with van der Waals surface area (Å²) in [5.41, 5.74) is 1.24. The number of piperidine rings is 1. The van der Waals surface area contributed by atoms with Gasteiger partial charge < -0.3 is 18.9 Å². The molecule has 1 aromatic carbocycles. The van der Waals surface area contributed by atoms with E-state index in [2.05, 4.69) is 6.92 Å². The van der Waals surface area contributed by atoms with Crippen LogP contribution in [0.4, 0.5) is 0 Å². The van der Waals surface area contributed by atoms with Crippen molar-refractivity contribution >= 4 is 11.9 Å². The maximum atomic E-state index is 12.8. The van der Waals surface area contributed by atoms with Crippen LogP contribution in [0.15, 0.2) is 42.6 Å². The summed E-state index contributed by atoms with van der Waals surface area (Å²) in [6.07, 6.45) is 6.91. The van der Waals surface area contributed by atoms with Crippen LogP contribution in [0.3, 0.4) is 0 Å². The molecule has 1 aliphatic heterocycles. The fourth-order valence-corrected chi connectivity index (χ4v) is 3.76. The minimum atomic E-state index is -0.328. The van der Waals surface area contributed by atoms with Crippen LogP contribution in [0, 0.1) is 0 Å². The van der Waals surface area contributed by atoms with Gasteiger partial charge in [0.05, 0.1) is 13.7 Å². The Bertz CT molecular complexity index is 805. The molecule has 0 radical (unpaired) electrons. The van der Waals surface area contributed by atoms with Crippen molar-refractivity contribution in [1.29, 1.82) is 0 Å². The molecule has 6 heteroatoms. The van der Waals surface area contributed by atoms with E-state index in [1.807, 2.05) is 46.0 Å². The Morgan fingerprint density at radius 3 is 2.45 bits per heavy atom. The molecular weight excluding hydrogens is 368 g/mol. The van der Waals surface area contributed by atoms with Gasteiger partial charge in [-0.05, 0) is 55.7 Å². The third kappa shape index (κ3) is 5.19. The van der Waals surface area contributed by atoms with Crippen molar-refractivity contribution in [2.45, 2.75) is 45.1 Å². The Morgan fingerprint density at radius 1 is 1.07 bits per heavy atom. The van der Waals surface area contributed by atoms with Crippen molar-refractivity contribution in [3.8, 4) is 5.75 Å². The molecule has 156 valence electrons. The fraction of sp³-hybridized carbons (Fsp3) is 0.478. The van der Waals surface area contributed by atoms with Crippen LogP contribution in [-0.4, -0.2) is 48.1 Å². The molecule has 0 bridgehead atoms. The van der Waals surface area contributed by atoms with Gasteiger partial charge in [-0.15, -0.1) is 0 Å². The SMILES string of the molecule is CCCCCOc1ccc(C(=O)N2CCC(n3cccc3C(=O)OC)CC2)cc1. The predicted octanol–water partition coefficient (Wildman–Crippen LogP) is 4.32. The highest BCUT2D eigenvalue weighted by Crippen LogP contribution is 2.26. The second-order valence-corrected chi connectivity index (χ2v) is 7.40. The number of esters is 1. The third-order valence-corrected chi connectivity index (χ3v) is 5.44. The minimum absolute atomic E-state index is 0.0432. The molecular formula is C23H30N2O4. The molecule has 1 amide bonds. The van der Waals surface area contributed by atoms with E-state index in [9.17, 15) is 9.59 Å². The first kappa shape index (κ1) is 21.0. The Hall–Kier alpha value is -2.76. The van der Waals surface area contributed by atoms with E-state index in [1.165, 1.54) is 13.5 Å². The van der Waals surface area contributed by atoms with Gasteiger partial charge in [-0.3, -0.25) is 4.79 Å². The number of hydrogen-bond acceptors (Lipinski definition) is 4. The molecule has 0 atom stereocenters. The van der Waals surface area contributed by atoms with Crippen LogP contribution >= 0.6 is 0 Å². The molecule has 0 unspecified atom stereocenters. The predicted molar refractivity (Wildman–Crippen MR) is 111 cm³/mol. The number of benzene rings is 1. The maximum absolute atomic E-state index is 12.8. The molecule has 3 rings (SSSR count). The molecule has 0 N–H and O–H groups in total. The molecule has 0 saturated carbocycles. The number of hydrogen-bond donors (Lipinski definition) is 0. The summed E-state index contributed by atoms with van der Waals surface area (Å²) in [7, 11) is 1.39. The third-order valence-electron chi connectivity index (χ3n) is 5.44. The first-order valence-electron chi connectivity index (χ1n) is 10.4. The Kier molecular flexibility index (Phi) is 7.33. The average molecular weight is 399 g/mol. The number of rotatable bonds is 8. The highest BCUT2D eigenvalue weighted by atomic mass is 16.5. The largest absolute Gasteiger partial charge is 0.494 e. The topological polar surface area (TPSA) is 60.8 Å². The lowest BCUT2D eigenvalue weighted by Gasteiger charge is -2.33. The van der Waals surface area contributed by atoms with Crippen LogP contribution in [0.25, 0.3) is 0 Å². The van der Waals surface area contributed by atoms with Gasteiger partial charge in [0.25, 0.3) is 5.91 Å². The number of ether oxygens (including phenoxy) is 2. The molecule has 29 heavy (non-hydrogen) atoms. The van der Waals surface area contributed by atoms with Gasteiger partial charge in [-0.2, -0.15) is 0 Å². The van der Waals surface area contributed by atoms with Crippen molar-refractivity contribution in [1.82, 2.24) is 9.47 Å². The lowest BCUT2D eigenvalue weighted by Crippen LogP contribution is -2.39. The van der Waals surface area contributed by atoms with E-state index in [1.54, 1.807) is 6.07 Å². The second-order valence-electron chi connectivity index (χ2n) is 7.40. The summed E-state index contributed by atoms with van der Waals surface area (Å²) >= 11 is 0. The van der Waals surface area contributed by atoms with Crippen molar-refractivity contribution in [3.63, 3.8) is 0 Å². The average Bonchev–Trinajstić information content (AvgIpc) is 3.26. The number of carbonyl (C=O) groups is 2. The summed E-state index contributed by atoms with van der Waals surface area (Å²) in [6, 6.07) is 11.2. The van der Waals surface area contributed by atoms with E-state index < -0.39 is 0 Å². The smallest absolute Gasteiger partial charge is 0.354 e. The summed E-state index contributed by atoms with van der Waals surface area (Å²) < 4.78 is 12.5. The standard InChI is InChI=1S/C23H30N2O4/c1-3-4-5-17-29-20-10-8-18(9-11-20)22(26)24-15-12-19(13-16-24)25-14-6-7-21(25)23(27)28-2/h6-11,14,19H,3-5,12-13,15-17H2,1-2H3. The van der Waals surface area contributed by atoms with Crippen LogP contribution < -0.4 is 4.74 Å². The van der Waals surface area contributed by atoms with Crippen molar-refractivity contribution in [2.75, 3.05) is 26.8 Å². The zero-order valence-corrected chi connectivity index (χ0v) is 17.3. The van der Waals surface area contributed by atoms with Crippen molar-refractivity contribution in [2.24, 2.45) is 0 Å². The molecule has 0 spiro atoms. The van der Waals surface area contributed by atoms with Crippen molar-refractivity contribution < 1.29 is 19.1 Å². The number of amides is 1. The van der Waals surface area contributed by atoms with E-state index >= 15 is 0 Å². The molecule has 2 aromatic rings. The summed E-state index contributed by atoms with van der Waals surface area (Å²) in [5.74, 6) is 0.520. The van der Waals surface area contributed by atoms with Gasteiger partial charge in [-0.1, -0.05) is 19.8 Å². The monoisotopic (exact) mass is 398 g/mol. The number of unbranched alkanes of at least 4 members (excludes halogenated alkanes) is 2. The molecule has 0 aliphatic carbocycles. The van der Waals surface area contributed by atoms with Crippen LogP contribution in [-0.2, 0) is 4.74 Å². The highest BCUT2D eigenvalue weighted by Gasteiger charge is 2.26. The van der Waals surface area contributed by atoms with Gasteiger partial charge in [-0.25, -0.2) is 4.79 Å². The molecule has 2 heterocycles. The van der Waals surface area contributed by atoms with Crippen LogP contribution in [0.2, 0.25) is 0 Å². The number of carbonyl (C=O) groups excluding carboxylic acids is 2.